The van der Waals surface area contributed by atoms with Crippen molar-refractivity contribution in [3.63, 3.8) is 0 Å². The van der Waals surface area contributed by atoms with Crippen LogP contribution >= 0.6 is 11.6 Å². The summed E-state index contributed by atoms with van der Waals surface area (Å²) in [4.78, 5) is 16.7. The van der Waals surface area contributed by atoms with Gasteiger partial charge in [0.1, 0.15) is 0 Å². The second kappa shape index (κ2) is 8.64. The fourth-order valence-electron chi connectivity index (χ4n) is 2.81. The van der Waals surface area contributed by atoms with Crippen molar-refractivity contribution in [3.8, 4) is 0 Å². The predicted molar refractivity (Wildman–Crippen MR) is 92.5 cm³/mol. The zero-order chi connectivity index (χ0) is 16.8. The summed E-state index contributed by atoms with van der Waals surface area (Å²) < 4.78 is 0. The summed E-state index contributed by atoms with van der Waals surface area (Å²) in [7, 11) is 0. The van der Waals surface area contributed by atoms with Crippen molar-refractivity contribution < 1.29 is 9.90 Å². The minimum Gasteiger partial charge on any atom is -0.392 e. The van der Waals surface area contributed by atoms with Crippen LogP contribution in [0, 0.1) is 0 Å². The van der Waals surface area contributed by atoms with Crippen LogP contribution in [0.1, 0.15) is 19.4 Å². The third-order valence-corrected chi connectivity index (χ3v) is 4.49. The molecule has 2 atom stereocenters. The summed E-state index contributed by atoms with van der Waals surface area (Å²) in [5.74, 6) is 0.0453. The number of nitrogens with zero attached hydrogens (tertiary/aromatic N) is 2. The first kappa shape index (κ1) is 18.2. The Bertz CT molecular complexity index is 499. The van der Waals surface area contributed by atoms with Gasteiger partial charge in [0.05, 0.1) is 12.1 Å². The molecule has 6 heteroatoms. The third-order valence-electron chi connectivity index (χ3n) is 4.24. The minimum absolute atomic E-state index is 0.0453. The molecule has 1 aliphatic rings. The normalized spacial score (nSPS) is 19.3. The summed E-state index contributed by atoms with van der Waals surface area (Å²) in [5.41, 5.74) is 1.04. The highest BCUT2D eigenvalue weighted by Crippen LogP contribution is 2.10. The lowest BCUT2D eigenvalue weighted by Gasteiger charge is -2.37. The maximum absolute atomic E-state index is 12.3. The molecule has 1 aliphatic heterocycles. The Kier molecular flexibility index (Phi) is 6.84. The van der Waals surface area contributed by atoms with E-state index in [9.17, 15) is 9.90 Å². The van der Waals surface area contributed by atoms with Crippen molar-refractivity contribution >= 4 is 17.5 Å². The average molecular weight is 340 g/mol. The monoisotopic (exact) mass is 339 g/mol. The Balaban J connectivity index is 1.75. The fraction of sp³-hybridized carbons (Fsp3) is 0.588. The minimum atomic E-state index is -0.304. The summed E-state index contributed by atoms with van der Waals surface area (Å²) in [6, 6.07) is 7.35. The molecule has 1 aromatic rings. The van der Waals surface area contributed by atoms with Gasteiger partial charge in [0.2, 0.25) is 5.91 Å². The molecule has 2 unspecified atom stereocenters. The molecule has 23 heavy (non-hydrogen) atoms. The molecule has 2 N–H and O–H groups in total. The molecule has 128 valence electrons. The van der Waals surface area contributed by atoms with Gasteiger partial charge in [-0.15, -0.1) is 0 Å². The number of amides is 1. The number of hydrogen-bond donors (Lipinski definition) is 2. The van der Waals surface area contributed by atoms with E-state index in [1.807, 2.05) is 31.2 Å². The zero-order valence-electron chi connectivity index (χ0n) is 13.8. The van der Waals surface area contributed by atoms with E-state index in [1.54, 1.807) is 6.92 Å². The number of aliphatic hydroxyl groups excluding tert-OH is 1. The molecule has 0 radical (unpaired) electrons. The molecule has 0 aliphatic carbocycles. The second-order valence-corrected chi connectivity index (χ2v) is 6.64. The van der Waals surface area contributed by atoms with Crippen LogP contribution in [0.4, 0.5) is 0 Å². The quantitative estimate of drug-likeness (QED) is 0.821. The van der Waals surface area contributed by atoms with Crippen molar-refractivity contribution in [2.75, 3.05) is 32.7 Å². The number of benzene rings is 1. The number of carbonyl (C=O) groups is 1. The van der Waals surface area contributed by atoms with E-state index in [0.29, 0.717) is 18.1 Å². The summed E-state index contributed by atoms with van der Waals surface area (Å²) in [6.45, 7) is 8.44. The highest BCUT2D eigenvalue weighted by Gasteiger charge is 2.25. The maximum atomic E-state index is 12.3. The maximum Gasteiger partial charge on any atom is 0.237 e. The molecule has 1 fully saturated rings. The number of aliphatic hydroxyl groups is 1. The number of halogens is 1. The van der Waals surface area contributed by atoms with Gasteiger partial charge in [-0.05, 0) is 31.5 Å². The number of carbonyl (C=O) groups excluding carboxylic acids is 1. The van der Waals surface area contributed by atoms with E-state index in [2.05, 4.69) is 15.1 Å². The molecular weight excluding hydrogens is 314 g/mol. The van der Waals surface area contributed by atoms with Gasteiger partial charge in [-0.3, -0.25) is 14.6 Å². The van der Waals surface area contributed by atoms with Crippen molar-refractivity contribution in [1.29, 1.82) is 0 Å². The van der Waals surface area contributed by atoms with Crippen LogP contribution in [-0.2, 0) is 11.3 Å². The molecule has 1 saturated heterocycles. The Morgan fingerprint density at radius 1 is 1.22 bits per heavy atom. The molecule has 0 spiro atoms. The van der Waals surface area contributed by atoms with Gasteiger partial charge in [-0.2, -0.15) is 0 Å². The highest BCUT2D eigenvalue weighted by atomic mass is 35.5. The van der Waals surface area contributed by atoms with E-state index in [1.165, 1.54) is 0 Å². The molecule has 2 rings (SSSR count). The number of rotatable bonds is 6. The Morgan fingerprint density at radius 3 is 2.39 bits per heavy atom. The van der Waals surface area contributed by atoms with Gasteiger partial charge in [0.25, 0.3) is 0 Å². The number of piperazine rings is 1. The van der Waals surface area contributed by atoms with E-state index < -0.39 is 0 Å². The molecule has 1 heterocycles. The van der Waals surface area contributed by atoms with Gasteiger partial charge >= 0.3 is 0 Å². The molecule has 1 amide bonds. The van der Waals surface area contributed by atoms with Crippen molar-refractivity contribution in [3.05, 3.63) is 34.9 Å². The van der Waals surface area contributed by atoms with E-state index in [-0.39, 0.29) is 18.1 Å². The predicted octanol–water partition coefficient (Wildman–Crippen LogP) is 1.34. The van der Waals surface area contributed by atoms with Crippen LogP contribution < -0.4 is 5.32 Å². The highest BCUT2D eigenvalue weighted by molar-refractivity contribution is 6.30. The Morgan fingerprint density at radius 2 is 1.83 bits per heavy atom. The van der Waals surface area contributed by atoms with E-state index >= 15 is 0 Å². The zero-order valence-corrected chi connectivity index (χ0v) is 14.6. The van der Waals surface area contributed by atoms with Crippen LogP contribution in [0.5, 0.6) is 0 Å². The van der Waals surface area contributed by atoms with E-state index in [0.717, 1.165) is 31.7 Å². The topological polar surface area (TPSA) is 55.8 Å². The standard InChI is InChI=1S/C17H26ClN3O2/c1-13(22)12-20-7-9-21(10-8-20)14(2)17(23)19-11-15-3-5-16(18)6-4-15/h3-6,13-14,22H,7-12H2,1-2H3,(H,19,23). The molecule has 0 saturated carbocycles. The number of nitrogens with one attached hydrogen (secondary N) is 1. The second-order valence-electron chi connectivity index (χ2n) is 6.21. The van der Waals surface area contributed by atoms with Crippen LogP contribution in [0.25, 0.3) is 0 Å². The van der Waals surface area contributed by atoms with Crippen molar-refractivity contribution in [2.45, 2.75) is 32.5 Å². The Labute approximate surface area is 143 Å². The average Bonchev–Trinajstić information content (AvgIpc) is 2.53. The number of hydrogen-bond acceptors (Lipinski definition) is 4. The lowest BCUT2D eigenvalue weighted by Crippen LogP contribution is -2.54. The van der Waals surface area contributed by atoms with Gasteiger partial charge < -0.3 is 10.4 Å². The lowest BCUT2D eigenvalue weighted by molar-refractivity contribution is -0.126. The van der Waals surface area contributed by atoms with Crippen LogP contribution in [0.15, 0.2) is 24.3 Å². The molecule has 0 aromatic heterocycles. The van der Waals surface area contributed by atoms with Gasteiger partial charge in [-0.25, -0.2) is 0 Å². The molecular formula is C17H26ClN3O2. The SMILES string of the molecule is CC(O)CN1CCN(C(C)C(=O)NCc2ccc(Cl)cc2)CC1. The first-order chi connectivity index (χ1) is 11.0. The van der Waals surface area contributed by atoms with Crippen molar-refractivity contribution in [1.82, 2.24) is 15.1 Å². The Hall–Kier alpha value is -1.14. The van der Waals surface area contributed by atoms with Gasteiger partial charge in [0, 0.05) is 44.3 Å². The summed E-state index contributed by atoms with van der Waals surface area (Å²) in [6.07, 6.45) is -0.304. The molecule has 5 nitrogen and oxygen atoms in total. The third kappa shape index (κ3) is 5.77. The number of β-amino-alcohol motifs (C(OH)–C–C–N with tert-alkyl or cyclic N) is 1. The first-order valence-electron chi connectivity index (χ1n) is 8.12. The van der Waals surface area contributed by atoms with Crippen LogP contribution in [0.2, 0.25) is 5.02 Å². The van der Waals surface area contributed by atoms with Crippen molar-refractivity contribution in [2.24, 2.45) is 0 Å². The smallest absolute Gasteiger partial charge is 0.237 e. The largest absolute Gasteiger partial charge is 0.392 e. The first-order valence-corrected chi connectivity index (χ1v) is 8.50. The van der Waals surface area contributed by atoms with Crippen LogP contribution in [0.3, 0.4) is 0 Å². The van der Waals surface area contributed by atoms with E-state index in [4.69, 9.17) is 11.6 Å². The lowest BCUT2D eigenvalue weighted by atomic mass is 10.2. The molecule has 1 aromatic carbocycles. The summed E-state index contributed by atoms with van der Waals surface area (Å²) >= 11 is 5.86. The fourth-order valence-corrected chi connectivity index (χ4v) is 2.94. The van der Waals surface area contributed by atoms with Gasteiger partial charge in [-0.1, -0.05) is 23.7 Å². The van der Waals surface area contributed by atoms with Crippen LogP contribution in [-0.4, -0.2) is 65.7 Å². The molecule has 0 bridgehead atoms. The summed E-state index contributed by atoms with van der Waals surface area (Å²) in [5, 5.41) is 13.1. The van der Waals surface area contributed by atoms with Gasteiger partial charge in [0.15, 0.2) is 0 Å².